The largest absolute Gasteiger partial charge is 0.508 e. The van der Waals surface area contributed by atoms with Gasteiger partial charge < -0.3 is 10.5 Å². The first kappa shape index (κ1) is 10.8. The molecule has 1 aromatic heterocycles. The standard InChI is InChI=1S/C10H11ClN4O/c1-7(14-15-5-12-13-6-15)9-4-8(11)2-3-10(9)16/h2-7,14,16H,1H3/t7-/m1/s1. The van der Waals surface area contributed by atoms with E-state index in [9.17, 15) is 5.11 Å². The maximum Gasteiger partial charge on any atom is 0.138 e. The van der Waals surface area contributed by atoms with Crippen LogP contribution < -0.4 is 5.43 Å². The number of rotatable bonds is 3. The van der Waals surface area contributed by atoms with Crippen molar-refractivity contribution in [2.75, 3.05) is 5.43 Å². The molecule has 0 amide bonds. The zero-order valence-corrected chi connectivity index (χ0v) is 9.39. The van der Waals surface area contributed by atoms with E-state index in [1.54, 1.807) is 22.9 Å². The van der Waals surface area contributed by atoms with Gasteiger partial charge in [0.25, 0.3) is 0 Å². The molecule has 1 heterocycles. The van der Waals surface area contributed by atoms with Crippen LogP contribution in [0.5, 0.6) is 5.75 Å². The zero-order valence-electron chi connectivity index (χ0n) is 8.63. The predicted molar refractivity (Wildman–Crippen MR) is 60.9 cm³/mol. The number of aromatic nitrogens is 3. The Bertz CT molecular complexity index is 472. The fourth-order valence-corrected chi connectivity index (χ4v) is 1.61. The van der Waals surface area contributed by atoms with Crippen LogP contribution in [-0.2, 0) is 0 Å². The summed E-state index contributed by atoms with van der Waals surface area (Å²) in [6, 6.07) is 4.84. The second-order valence-electron chi connectivity index (χ2n) is 3.42. The summed E-state index contributed by atoms with van der Waals surface area (Å²) in [7, 11) is 0. The van der Waals surface area contributed by atoms with Gasteiger partial charge in [0.15, 0.2) is 0 Å². The van der Waals surface area contributed by atoms with Crippen molar-refractivity contribution in [2.24, 2.45) is 0 Å². The summed E-state index contributed by atoms with van der Waals surface area (Å²) in [4.78, 5) is 0. The van der Waals surface area contributed by atoms with Crippen LogP contribution in [0, 0.1) is 0 Å². The van der Waals surface area contributed by atoms with Crippen molar-refractivity contribution in [1.29, 1.82) is 0 Å². The van der Waals surface area contributed by atoms with Gasteiger partial charge in [-0.25, -0.2) is 4.68 Å². The highest BCUT2D eigenvalue weighted by Crippen LogP contribution is 2.27. The first-order valence-corrected chi connectivity index (χ1v) is 5.14. The number of hydrogen-bond donors (Lipinski definition) is 2. The Kier molecular flexibility index (Phi) is 2.96. The lowest BCUT2D eigenvalue weighted by Crippen LogP contribution is -2.17. The highest BCUT2D eigenvalue weighted by atomic mass is 35.5. The van der Waals surface area contributed by atoms with E-state index in [0.717, 1.165) is 5.56 Å². The first-order chi connectivity index (χ1) is 7.66. The van der Waals surface area contributed by atoms with Gasteiger partial charge in [-0.15, -0.1) is 10.2 Å². The van der Waals surface area contributed by atoms with Crippen molar-refractivity contribution in [3.05, 3.63) is 41.4 Å². The molecule has 6 heteroatoms. The summed E-state index contributed by atoms with van der Waals surface area (Å²) in [5.41, 5.74) is 3.80. The molecule has 0 aliphatic heterocycles. The molecule has 84 valence electrons. The molecule has 0 bridgehead atoms. The average molecular weight is 239 g/mol. The summed E-state index contributed by atoms with van der Waals surface area (Å²) in [6.45, 7) is 1.91. The van der Waals surface area contributed by atoms with Gasteiger partial charge in [-0.2, -0.15) is 0 Å². The molecular formula is C10H11ClN4O. The molecular weight excluding hydrogens is 228 g/mol. The quantitative estimate of drug-likeness (QED) is 0.858. The molecule has 0 aliphatic carbocycles. The van der Waals surface area contributed by atoms with Crippen LogP contribution >= 0.6 is 11.6 Å². The van der Waals surface area contributed by atoms with E-state index in [1.165, 1.54) is 12.7 Å². The van der Waals surface area contributed by atoms with Crippen LogP contribution in [0.15, 0.2) is 30.9 Å². The van der Waals surface area contributed by atoms with Gasteiger partial charge in [0.1, 0.15) is 18.4 Å². The molecule has 0 saturated heterocycles. The molecule has 0 aliphatic rings. The number of hydrogen-bond acceptors (Lipinski definition) is 4. The van der Waals surface area contributed by atoms with Gasteiger partial charge in [0.05, 0.1) is 6.04 Å². The van der Waals surface area contributed by atoms with Crippen LogP contribution in [0.25, 0.3) is 0 Å². The van der Waals surface area contributed by atoms with E-state index in [0.29, 0.717) is 5.02 Å². The van der Waals surface area contributed by atoms with Gasteiger partial charge in [-0.05, 0) is 25.1 Å². The molecule has 0 unspecified atom stereocenters. The predicted octanol–water partition coefficient (Wildman–Crippen LogP) is 1.94. The van der Waals surface area contributed by atoms with E-state index in [1.807, 2.05) is 6.92 Å². The van der Waals surface area contributed by atoms with Crippen LogP contribution in [0.1, 0.15) is 18.5 Å². The van der Waals surface area contributed by atoms with Crippen molar-refractivity contribution in [1.82, 2.24) is 14.9 Å². The molecule has 0 radical (unpaired) electrons. The second-order valence-corrected chi connectivity index (χ2v) is 3.86. The van der Waals surface area contributed by atoms with Crippen LogP contribution in [0.2, 0.25) is 5.02 Å². The SMILES string of the molecule is C[C@@H](Nn1cnnc1)c1cc(Cl)ccc1O. The normalized spacial score (nSPS) is 12.4. The first-order valence-electron chi connectivity index (χ1n) is 4.76. The Morgan fingerprint density at radius 3 is 2.75 bits per heavy atom. The van der Waals surface area contributed by atoms with Crippen molar-refractivity contribution < 1.29 is 5.11 Å². The van der Waals surface area contributed by atoms with Gasteiger partial charge in [0.2, 0.25) is 0 Å². The molecule has 0 fully saturated rings. The summed E-state index contributed by atoms with van der Waals surface area (Å²) >= 11 is 5.87. The zero-order chi connectivity index (χ0) is 11.5. The fraction of sp³-hybridized carbons (Fsp3) is 0.200. The lowest BCUT2D eigenvalue weighted by molar-refractivity contribution is 0.463. The van der Waals surface area contributed by atoms with E-state index in [-0.39, 0.29) is 11.8 Å². The molecule has 2 N–H and O–H groups in total. The monoisotopic (exact) mass is 238 g/mol. The lowest BCUT2D eigenvalue weighted by atomic mass is 10.1. The minimum Gasteiger partial charge on any atom is -0.508 e. The number of halogens is 1. The van der Waals surface area contributed by atoms with Crippen molar-refractivity contribution in [3.63, 3.8) is 0 Å². The number of phenols is 1. The number of benzene rings is 1. The third kappa shape index (κ3) is 2.25. The molecule has 1 aromatic carbocycles. The summed E-state index contributed by atoms with van der Waals surface area (Å²) < 4.78 is 1.62. The molecule has 0 spiro atoms. The third-order valence-corrected chi connectivity index (χ3v) is 2.45. The summed E-state index contributed by atoms with van der Waals surface area (Å²) in [5, 5.41) is 17.6. The minimum atomic E-state index is -0.102. The molecule has 2 rings (SSSR count). The topological polar surface area (TPSA) is 63.0 Å². The van der Waals surface area contributed by atoms with Gasteiger partial charge in [-0.3, -0.25) is 0 Å². The van der Waals surface area contributed by atoms with E-state index in [4.69, 9.17) is 11.6 Å². The Labute approximate surface area is 97.7 Å². The number of nitrogens with zero attached hydrogens (tertiary/aromatic N) is 3. The molecule has 1 atom stereocenters. The van der Waals surface area contributed by atoms with E-state index in [2.05, 4.69) is 15.6 Å². The maximum absolute atomic E-state index is 9.69. The second kappa shape index (κ2) is 4.40. The highest BCUT2D eigenvalue weighted by molar-refractivity contribution is 6.30. The van der Waals surface area contributed by atoms with E-state index < -0.39 is 0 Å². The average Bonchev–Trinajstić information content (AvgIpc) is 2.74. The fourth-order valence-electron chi connectivity index (χ4n) is 1.43. The van der Waals surface area contributed by atoms with Crippen molar-refractivity contribution >= 4 is 11.6 Å². The molecule has 2 aromatic rings. The van der Waals surface area contributed by atoms with Crippen molar-refractivity contribution in [3.8, 4) is 5.75 Å². The maximum atomic E-state index is 9.69. The highest BCUT2D eigenvalue weighted by Gasteiger charge is 2.10. The third-order valence-electron chi connectivity index (χ3n) is 2.22. The molecule has 16 heavy (non-hydrogen) atoms. The molecule has 5 nitrogen and oxygen atoms in total. The van der Waals surface area contributed by atoms with Crippen LogP contribution in [-0.4, -0.2) is 20.0 Å². The Morgan fingerprint density at radius 2 is 2.06 bits per heavy atom. The number of phenolic OH excluding ortho intramolecular Hbond substituents is 1. The summed E-state index contributed by atoms with van der Waals surface area (Å²) in [5.74, 6) is 0.206. The smallest absolute Gasteiger partial charge is 0.138 e. The molecule has 0 saturated carbocycles. The van der Waals surface area contributed by atoms with Gasteiger partial charge >= 0.3 is 0 Å². The van der Waals surface area contributed by atoms with Gasteiger partial charge in [0, 0.05) is 10.6 Å². The Morgan fingerprint density at radius 1 is 1.38 bits per heavy atom. The Hall–Kier alpha value is -1.75. The number of aromatic hydroxyl groups is 1. The summed E-state index contributed by atoms with van der Waals surface area (Å²) in [6.07, 6.45) is 3.08. The lowest BCUT2D eigenvalue weighted by Gasteiger charge is -2.16. The van der Waals surface area contributed by atoms with Gasteiger partial charge in [-0.1, -0.05) is 11.6 Å². The minimum absolute atomic E-state index is 0.102. The van der Waals surface area contributed by atoms with Crippen LogP contribution in [0.4, 0.5) is 0 Å². The number of nitrogens with one attached hydrogen (secondary N) is 1. The van der Waals surface area contributed by atoms with Crippen molar-refractivity contribution in [2.45, 2.75) is 13.0 Å². The Balaban J connectivity index is 2.20. The van der Waals surface area contributed by atoms with Crippen LogP contribution in [0.3, 0.4) is 0 Å². The van der Waals surface area contributed by atoms with E-state index >= 15 is 0 Å².